The van der Waals surface area contributed by atoms with Gasteiger partial charge in [-0.2, -0.15) is 5.26 Å². The number of hydrogen-bond acceptors (Lipinski definition) is 6. The van der Waals surface area contributed by atoms with E-state index in [4.69, 9.17) is 10.4 Å². The zero-order valence-corrected chi connectivity index (χ0v) is 10.9. The molecule has 2 amide bonds. The zero-order chi connectivity index (χ0) is 15.1. The third kappa shape index (κ3) is 7.72. The highest BCUT2D eigenvalue weighted by Gasteiger charge is 2.27. The molecule has 1 atom stereocenters. The minimum absolute atomic E-state index is 0.345. The highest BCUT2D eigenvalue weighted by molar-refractivity contribution is 7.92. The topological polar surface area (TPSA) is 153 Å². The highest BCUT2D eigenvalue weighted by atomic mass is 32.2. The van der Waals surface area contributed by atoms with Gasteiger partial charge in [0.25, 0.3) is 0 Å². The van der Waals surface area contributed by atoms with Crippen LogP contribution >= 0.6 is 0 Å². The Morgan fingerprint density at radius 1 is 1.37 bits per heavy atom. The number of nitrogens with zero attached hydrogens (tertiary/aromatic N) is 1. The Labute approximate surface area is 109 Å². The van der Waals surface area contributed by atoms with Crippen molar-refractivity contribution in [2.45, 2.75) is 13.0 Å². The molecule has 9 nitrogen and oxygen atoms in total. The molecule has 0 radical (unpaired) electrons. The van der Waals surface area contributed by atoms with Crippen LogP contribution in [0.3, 0.4) is 0 Å². The Balaban J connectivity index is 4.65. The Morgan fingerprint density at radius 2 is 1.95 bits per heavy atom. The van der Waals surface area contributed by atoms with Crippen molar-refractivity contribution in [3.05, 3.63) is 0 Å². The molecule has 0 spiro atoms. The number of rotatable bonds is 7. The number of carboxylic acids is 1. The van der Waals surface area contributed by atoms with E-state index in [1.165, 1.54) is 0 Å². The van der Waals surface area contributed by atoms with Crippen LogP contribution in [0.1, 0.15) is 6.92 Å². The lowest BCUT2D eigenvalue weighted by Crippen LogP contribution is -2.46. The van der Waals surface area contributed by atoms with Crippen LogP contribution in [0.15, 0.2) is 0 Å². The number of carboxylic acid groups (broad SMARTS) is 1. The van der Waals surface area contributed by atoms with Gasteiger partial charge in [-0.3, -0.25) is 9.59 Å². The molecular formula is C9H13N3O6S. The van der Waals surface area contributed by atoms with Gasteiger partial charge < -0.3 is 15.7 Å². The Morgan fingerprint density at radius 3 is 2.37 bits per heavy atom. The molecular weight excluding hydrogens is 278 g/mol. The van der Waals surface area contributed by atoms with Gasteiger partial charge in [-0.1, -0.05) is 0 Å². The fraction of sp³-hybridized carbons (Fsp3) is 0.556. The first-order valence-corrected chi connectivity index (χ1v) is 6.84. The fourth-order valence-corrected chi connectivity index (χ4v) is 2.47. The van der Waals surface area contributed by atoms with Crippen molar-refractivity contribution in [3.8, 4) is 6.07 Å². The summed E-state index contributed by atoms with van der Waals surface area (Å²) in [5, 5.41) is 20.9. The minimum atomic E-state index is -4.02. The van der Waals surface area contributed by atoms with E-state index in [0.29, 0.717) is 0 Å². The molecule has 0 fully saturated rings. The maximum absolute atomic E-state index is 11.5. The second-order valence-electron chi connectivity index (χ2n) is 3.58. The van der Waals surface area contributed by atoms with Gasteiger partial charge in [-0.05, 0) is 0 Å². The zero-order valence-electron chi connectivity index (χ0n) is 10.0. The Hall–Kier alpha value is -2.15. The summed E-state index contributed by atoms with van der Waals surface area (Å²) < 4.78 is 23.1. The molecule has 10 heteroatoms. The lowest BCUT2D eigenvalue weighted by atomic mass is 10.3. The molecule has 1 unspecified atom stereocenters. The molecule has 0 aliphatic carbocycles. The van der Waals surface area contributed by atoms with Crippen molar-refractivity contribution in [2.75, 3.05) is 18.1 Å². The van der Waals surface area contributed by atoms with Gasteiger partial charge in [0, 0.05) is 6.92 Å². The molecule has 19 heavy (non-hydrogen) atoms. The van der Waals surface area contributed by atoms with Crippen molar-refractivity contribution in [2.24, 2.45) is 0 Å². The van der Waals surface area contributed by atoms with Crippen LogP contribution < -0.4 is 10.6 Å². The second kappa shape index (κ2) is 7.32. The quantitative estimate of drug-likeness (QED) is 0.443. The lowest BCUT2D eigenvalue weighted by molar-refractivity contribution is -0.140. The van der Waals surface area contributed by atoms with E-state index < -0.39 is 45.2 Å². The summed E-state index contributed by atoms with van der Waals surface area (Å²) in [6, 6.07) is -0.0276. The van der Waals surface area contributed by atoms with E-state index in [-0.39, 0.29) is 6.54 Å². The first kappa shape index (κ1) is 16.9. The molecule has 0 aliphatic rings. The number of carbonyl (C=O) groups is 3. The molecule has 0 saturated heterocycles. The van der Waals surface area contributed by atoms with Crippen molar-refractivity contribution in [1.82, 2.24) is 10.6 Å². The summed E-state index contributed by atoms with van der Waals surface area (Å²) in [7, 11) is -4.02. The molecule has 0 aromatic heterocycles. The standard InChI is InChI=1S/C9H13N3O6S/c1-6(13)12-7(9(15)16)4-19(17,18)5-8(14)11-3-2-10/h7H,3-5H2,1H3,(H,11,14)(H,12,13)(H,15,16). The number of sulfone groups is 1. The summed E-state index contributed by atoms with van der Waals surface area (Å²) in [6.07, 6.45) is 0. The molecule has 0 aromatic carbocycles. The molecule has 0 bridgehead atoms. The maximum atomic E-state index is 11.5. The number of nitriles is 1. The van der Waals surface area contributed by atoms with Crippen LogP contribution in [-0.2, 0) is 24.2 Å². The maximum Gasteiger partial charge on any atom is 0.327 e. The van der Waals surface area contributed by atoms with E-state index in [1.54, 1.807) is 6.07 Å². The summed E-state index contributed by atoms with van der Waals surface area (Å²) in [4.78, 5) is 32.6. The van der Waals surface area contributed by atoms with Crippen LogP contribution in [0.2, 0.25) is 0 Å². The monoisotopic (exact) mass is 291 g/mol. The van der Waals surface area contributed by atoms with E-state index in [2.05, 4.69) is 0 Å². The number of aliphatic carboxylic acids is 1. The molecule has 0 aliphatic heterocycles. The normalized spacial score (nSPS) is 12.0. The Bertz CT molecular complexity index is 507. The number of nitrogens with one attached hydrogen (secondary N) is 2. The molecule has 0 rings (SSSR count). The predicted octanol–water partition coefficient (Wildman–Crippen LogP) is -2.37. The van der Waals surface area contributed by atoms with Gasteiger partial charge in [-0.15, -0.1) is 0 Å². The van der Waals surface area contributed by atoms with E-state index in [1.807, 2.05) is 10.6 Å². The first-order chi connectivity index (χ1) is 8.68. The molecule has 0 heterocycles. The van der Waals surface area contributed by atoms with Crippen molar-refractivity contribution in [3.63, 3.8) is 0 Å². The SMILES string of the molecule is CC(=O)NC(CS(=O)(=O)CC(=O)NCC#N)C(=O)O. The van der Waals surface area contributed by atoms with Gasteiger partial charge in [0.2, 0.25) is 11.8 Å². The van der Waals surface area contributed by atoms with Crippen LogP contribution in [0.25, 0.3) is 0 Å². The fourth-order valence-electron chi connectivity index (χ4n) is 1.12. The van der Waals surface area contributed by atoms with Gasteiger partial charge >= 0.3 is 5.97 Å². The predicted molar refractivity (Wildman–Crippen MR) is 62.5 cm³/mol. The van der Waals surface area contributed by atoms with Gasteiger partial charge in [0.1, 0.15) is 18.3 Å². The van der Waals surface area contributed by atoms with Gasteiger partial charge in [0.05, 0.1) is 11.8 Å². The van der Waals surface area contributed by atoms with Crippen molar-refractivity contribution < 1.29 is 27.9 Å². The third-order valence-electron chi connectivity index (χ3n) is 1.81. The number of hydrogen-bond donors (Lipinski definition) is 3. The molecule has 0 saturated carbocycles. The Kier molecular flexibility index (Phi) is 6.49. The smallest absolute Gasteiger partial charge is 0.327 e. The van der Waals surface area contributed by atoms with E-state index >= 15 is 0 Å². The van der Waals surface area contributed by atoms with Crippen molar-refractivity contribution >= 4 is 27.6 Å². The summed E-state index contributed by atoms with van der Waals surface area (Å²) in [6.45, 7) is 0.699. The minimum Gasteiger partial charge on any atom is -0.480 e. The van der Waals surface area contributed by atoms with Gasteiger partial charge in [-0.25, -0.2) is 13.2 Å². The third-order valence-corrected chi connectivity index (χ3v) is 3.36. The molecule has 106 valence electrons. The highest BCUT2D eigenvalue weighted by Crippen LogP contribution is 1.97. The average Bonchev–Trinajstić information content (AvgIpc) is 2.23. The second-order valence-corrected chi connectivity index (χ2v) is 5.69. The van der Waals surface area contributed by atoms with Crippen molar-refractivity contribution in [1.29, 1.82) is 5.26 Å². The molecule has 3 N–H and O–H groups in total. The van der Waals surface area contributed by atoms with E-state index in [9.17, 15) is 22.8 Å². The summed E-state index contributed by atoms with van der Waals surface area (Å²) in [5.74, 6) is -4.97. The van der Waals surface area contributed by atoms with Crippen LogP contribution in [0, 0.1) is 11.3 Å². The number of amides is 2. The van der Waals surface area contributed by atoms with E-state index in [0.717, 1.165) is 6.92 Å². The summed E-state index contributed by atoms with van der Waals surface area (Å²) >= 11 is 0. The van der Waals surface area contributed by atoms with Crippen LogP contribution in [0.4, 0.5) is 0 Å². The molecule has 0 aromatic rings. The van der Waals surface area contributed by atoms with Gasteiger partial charge in [0.15, 0.2) is 9.84 Å². The first-order valence-electron chi connectivity index (χ1n) is 5.02. The van der Waals surface area contributed by atoms with Crippen LogP contribution in [-0.4, -0.2) is 55.4 Å². The average molecular weight is 291 g/mol. The largest absolute Gasteiger partial charge is 0.480 e. The van der Waals surface area contributed by atoms with Crippen LogP contribution in [0.5, 0.6) is 0 Å². The summed E-state index contributed by atoms with van der Waals surface area (Å²) in [5.41, 5.74) is 0. The lowest BCUT2D eigenvalue weighted by Gasteiger charge is -2.13. The number of carbonyl (C=O) groups excluding carboxylic acids is 2.